The van der Waals surface area contributed by atoms with E-state index in [0.29, 0.717) is 18.4 Å². The number of rotatable bonds is 16. The van der Waals surface area contributed by atoms with E-state index in [4.69, 9.17) is 0 Å². The Morgan fingerprint density at radius 1 is 0.549 bits per heavy atom. The summed E-state index contributed by atoms with van der Waals surface area (Å²) in [5, 5.41) is 21.7. The summed E-state index contributed by atoms with van der Waals surface area (Å²) in [6.45, 7) is 19.3. The van der Waals surface area contributed by atoms with Crippen LogP contribution in [-0.4, -0.2) is 35.0 Å². The van der Waals surface area contributed by atoms with E-state index >= 15 is 0 Å². The molecular weight excluding hydrogens is 989 g/mol. The predicted molar refractivity (Wildman–Crippen MR) is 293 cm³/mol. The standard InChI is InChI=1S/C38H40N7.C18H15P.2C2H5.CH3.2Cu/c1-4-33(22-28(2)34-15-10-30(11-16-34)24-37-27-45(43-41-37)38-8-6-5-7-9-38)35-17-12-32(13-18-35)25-44-26-36(40-42-44)19-14-31-20-21-39-29(3)23-31;1-4-10-16(11-5-1)19(17-12-6-2-7-13-17)18-14-8-3-9-15-18;2*1-2;;;/h5-13,15-18,20-21,23,26-28,33H,3-4,14,19,22,24-25H2,1-2H3;1-15H;2*1H2,2H3;1H3;;/q-1;;3*-1;2*+2/p+1. The second-order valence-corrected chi connectivity index (χ2v) is 18.9. The van der Waals surface area contributed by atoms with Crippen molar-refractivity contribution in [3.05, 3.63) is 274 Å². The molecule has 0 fully saturated rings. The Hall–Kier alpha value is -5.91. The number of aromatic nitrogens is 7. The van der Waals surface area contributed by atoms with Crippen molar-refractivity contribution in [1.82, 2.24) is 35.0 Å². The molecule has 374 valence electrons. The van der Waals surface area contributed by atoms with Crippen molar-refractivity contribution >= 4 is 23.8 Å². The van der Waals surface area contributed by atoms with Crippen LogP contribution in [0.5, 0.6) is 0 Å². The molecule has 0 saturated carbocycles. The first-order valence-corrected chi connectivity index (χ1v) is 25.2. The summed E-state index contributed by atoms with van der Waals surface area (Å²) in [6, 6.07) is 64.7. The third kappa shape index (κ3) is 18.0. The van der Waals surface area contributed by atoms with Crippen molar-refractivity contribution in [2.45, 2.75) is 78.2 Å². The van der Waals surface area contributed by atoms with Crippen molar-refractivity contribution in [3.8, 4) is 5.69 Å². The molecule has 10 heteroatoms. The van der Waals surface area contributed by atoms with Crippen LogP contribution in [0.25, 0.3) is 5.69 Å². The van der Waals surface area contributed by atoms with E-state index in [0.717, 1.165) is 54.9 Å². The van der Waals surface area contributed by atoms with Crippen molar-refractivity contribution in [2.75, 3.05) is 0 Å². The van der Waals surface area contributed by atoms with Gasteiger partial charge in [0, 0.05) is 18.8 Å². The Labute approximate surface area is 447 Å². The Balaban J connectivity index is 0.000000430. The van der Waals surface area contributed by atoms with Crippen molar-refractivity contribution < 1.29 is 34.1 Å². The summed E-state index contributed by atoms with van der Waals surface area (Å²) in [4.78, 5) is 4.17. The topological polar surface area (TPSA) is 74.3 Å². The zero-order valence-electron chi connectivity index (χ0n) is 41.8. The van der Waals surface area contributed by atoms with Crippen LogP contribution in [-0.2, 0) is 59.9 Å². The molecule has 0 amide bonds. The van der Waals surface area contributed by atoms with Gasteiger partial charge in [0.15, 0.2) is 0 Å². The van der Waals surface area contributed by atoms with Gasteiger partial charge in [-0.1, -0.05) is 152 Å². The Morgan fingerprint density at radius 2 is 1.06 bits per heavy atom. The van der Waals surface area contributed by atoms with E-state index in [1.807, 2.05) is 64.2 Å². The van der Waals surface area contributed by atoms with Crippen molar-refractivity contribution in [2.24, 2.45) is 0 Å². The van der Waals surface area contributed by atoms with Gasteiger partial charge in [-0.2, -0.15) is 19.9 Å². The van der Waals surface area contributed by atoms with Crippen LogP contribution in [0, 0.1) is 28.2 Å². The molecule has 3 aromatic heterocycles. The quantitative estimate of drug-likeness (QED) is 0.0548. The van der Waals surface area contributed by atoms with Crippen LogP contribution >= 0.6 is 7.92 Å². The molecule has 2 radical (unpaired) electrons. The molecule has 0 saturated heterocycles. The third-order valence-corrected chi connectivity index (χ3v) is 14.5. The van der Waals surface area contributed by atoms with Crippen LogP contribution in [0.1, 0.15) is 97.3 Å². The van der Waals surface area contributed by atoms with E-state index in [2.05, 4.69) is 206 Å². The molecule has 71 heavy (non-hydrogen) atoms. The summed E-state index contributed by atoms with van der Waals surface area (Å²) in [5.41, 5.74) is 10.2. The minimum atomic E-state index is -0.877. The number of aryl methyl sites for hydroxylation is 2. The minimum absolute atomic E-state index is 0. The fourth-order valence-corrected chi connectivity index (χ4v) is 10.8. The van der Waals surface area contributed by atoms with E-state index in [9.17, 15) is 0 Å². The summed E-state index contributed by atoms with van der Waals surface area (Å²) < 4.78 is 3.76. The average Bonchev–Trinajstić information content (AvgIpc) is 4.08. The first-order chi connectivity index (χ1) is 33.5. The van der Waals surface area contributed by atoms with E-state index in [1.165, 1.54) is 43.7 Å². The fourth-order valence-electron chi connectivity index (χ4n) is 8.24. The monoisotopic (exact) mass is 1060 g/mol. The summed E-state index contributed by atoms with van der Waals surface area (Å²) in [7, 11) is -0.877. The molecule has 0 N–H and O–H groups in total. The van der Waals surface area contributed by atoms with Gasteiger partial charge in [0.1, 0.15) is 15.9 Å². The molecule has 0 aliphatic carbocycles. The first kappa shape index (κ1) is 59.4. The van der Waals surface area contributed by atoms with Gasteiger partial charge in [-0.3, -0.25) is 4.98 Å². The van der Waals surface area contributed by atoms with Gasteiger partial charge in [0.25, 0.3) is 0 Å². The number of nitrogens with zero attached hydrogens (tertiary/aromatic N) is 7. The van der Waals surface area contributed by atoms with Crippen LogP contribution in [0.2, 0.25) is 0 Å². The second-order valence-electron chi connectivity index (χ2n) is 16.4. The molecule has 0 spiro atoms. The molecule has 2 atom stereocenters. The number of para-hydroxylation sites is 1. The minimum Gasteiger partial charge on any atom is -0.358 e. The predicted octanol–water partition coefficient (Wildman–Crippen LogP) is 12.9. The number of benzene rings is 6. The fraction of sp³-hybridized carbons (Fsp3) is 0.197. The molecular formula is C61H69Cu2N7P+. The van der Waals surface area contributed by atoms with Gasteiger partial charge in [-0.05, 0) is 108 Å². The second kappa shape index (κ2) is 32.1. The molecule has 2 unspecified atom stereocenters. The smallest absolute Gasteiger partial charge is 0.358 e. The average molecular weight is 1060 g/mol. The third-order valence-electron chi connectivity index (χ3n) is 11.7. The van der Waals surface area contributed by atoms with Crippen molar-refractivity contribution in [1.29, 1.82) is 0 Å². The molecule has 9 rings (SSSR count). The van der Waals surface area contributed by atoms with E-state index in [1.54, 1.807) is 13.8 Å². The molecule has 0 aliphatic heterocycles. The molecule has 6 aromatic carbocycles. The Kier molecular flexibility index (Phi) is 26.9. The largest absolute Gasteiger partial charge is 2.00 e. The molecule has 3 heterocycles. The summed E-state index contributed by atoms with van der Waals surface area (Å²) in [5.74, 6) is 0.968. The maximum atomic E-state index is 4.38. The van der Waals surface area contributed by atoms with Gasteiger partial charge >= 0.3 is 34.1 Å². The molecule has 9 aromatic rings. The maximum absolute atomic E-state index is 4.38. The van der Waals surface area contributed by atoms with E-state index < -0.39 is 7.92 Å². The number of hydrogen-bond acceptors (Lipinski definition) is 5. The molecule has 0 aliphatic rings. The number of hydrogen-bond donors (Lipinski definition) is 0. The SMILES string of the molecule is [CH2-]C.[CH2-]C.[CH2-]c1cc(CCc2cn(Cc3ccc(C(CC)CC(C)c4ccc(Cc5cn(-c6ccccc6)nn5)cc4)cc3)nn2)ccn1.[CH3-].[Cu+2].[Cu+2].c1ccc([PH+](c2ccccc2)c2ccccc2)cc1. The zero-order chi connectivity index (χ0) is 47.9. The Bertz CT molecular complexity index is 2670. The molecule has 0 bridgehead atoms. The normalized spacial score (nSPS) is 11.0. The van der Waals surface area contributed by atoms with Crippen LogP contribution in [0.4, 0.5) is 0 Å². The van der Waals surface area contributed by atoms with Gasteiger partial charge in [-0.25, -0.2) is 16.3 Å². The zero-order valence-corrected chi connectivity index (χ0v) is 44.7. The van der Waals surface area contributed by atoms with Gasteiger partial charge in [0.2, 0.25) is 0 Å². The van der Waals surface area contributed by atoms with E-state index in [-0.39, 0.29) is 41.6 Å². The van der Waals surface area contributed by atoms with Crippen LogP contribution < -0.4 is 15.9 Å². The van der Waals surface area contributed by atoms with Crippen molar-refractivity contribution in [3.63, 3.8) is 0 Å². The molecule has 7 nitrogen and oxygen atoms in total. The summed E-state index contributed by atoms with van der Waals surface area (Å²) in [6.07, 6.45) is 10.6. The first-order valence-electron chi connectivity index (χ1n) is 23.7. The van der Waals surface area contributed by atoms with Gasteiger partial charge < -0.3 is 21.3 Å². The van der Waals surface area contributed by atoms with Crippen LogP contribution in [0.15, 0.2) is 201 Å². The number of pyridine rings is 1. The Morgan fingerprint density at radius 3 is 1.59 bits per heavy atom. The summed E-state index contributed by atoms with van der Waals surface area (Å²) >= 11 is 0. The maximum Gasteiger partial charge on any atom is 2.00 e. The van der Waals surface area contributed by atoms with Gasteiger partial charge in [-0.15, -0.1) is 21.5 Å². The van der Waals surface area contributed by atoms with Gasteiger partial charge in [0.05, 0.1) is 37.7 Å². The van der Waals surface area contributed by atoms with Crippen LogP contribution in [0.3, 0.4) is 0 Å².